The molecule has 0 radical (unpaired) electrons. The Morgan fingerprint density at radius 3 is 2.88 bits per heavy atom. The zero-order chi connectivity index (χ0) is 12.8. The van der Waals surface area contributed by atoms with E-state index in [1.54, 1.807) is 0 Å². The van der Waals surface area contributed by atoms with Gasteiger partial charge in [0.1, 0.15) is 11.7 Å². The van der Waals surface area contributed by atoms with Crippen molar-refractivity contribution in [3.8, 4) is 5.88 Å². The summed E-state index contributed by atoms with van der Waals surface area (Å²) in [6.45, 7) is -0.0341. The highest BCUT2D eigenvalue weighted by atomic mass is 16.3. The Kier molecular flexibility index (Phi) is 4.46. The molecule has 1 heterocycles. The molecule has 0 aromatic carbocycles. The van der Waals surface area contributed by atoms with Gasteiger partial charge in [-0.2, -0.15) is 0 Å². The summed E-state index contributed by atoms with van der Waals surface area (Å²) in [6, 6.07) is 0. The smallest absolute Gasteiger partial charge is 0.260 e. The fraction of sp³-hybridized carbons (Fsp3) is 0.500. The van der Waals surface area contributed by atoms with Gasteiger partial charge < -0.3 is 20.3 Å². The molecular formula is C8H11N5O4. The molecule has 17 heavy (non-hydrogen) atoms. The number of aliphatic hydroxyl groups is 2. The van der Waals surface area contributed by atoms with Gasteiger partial charge in [0.25, 0.3) is 5.56 Å². The maximum atomic E-state index is 11.3. The highest BCUT2D eigenvalue weighted by Gasteiger charge is 2.24. The number of nitrogens with one attached hydrogen (secondary N) is 1. The molecular weight excluding hydrogens is 230 g/mol. The first kappa shape index (κ1) is 13.0. The molecule has 0 aliphatic carbocycles. The zero-order valence-corrected chi connectivity index (χ0v) is 8.69. The van der Waals surface area contributed by atoms with E-state index in [9.17, 15) is 20.1 Å². The lowest BCUT2D eigenvalue weighted by Gasteiger charge is -2.16. The largest absolute Gasteiger partial charge is 0.493 e. The number of nitrogens with zero attached hydrogens (tertiary/aromatic N) is 4. The van der Waals surface area contributed by atoms with Crippen LogP contribution in [0.25, 0.3) is 10.4 Å². The van der Waals surface area contributed by atoms with E-state index in [0.29, 0.717) is 0 Å². The summed E-state index contributed by atoms with van der Waals surface area (Å²) in [7, 11) is 0. The highest BCUT2D eigenvalue weighted by Crippen LogP contribution is 2.21. The molecule has 1 aromatic heterocycles. The van der Waals surface area contributed by atoms with Crippen LogP contribution >= 0.6 is 0 Å². The second-order valence-electron chi connectivity index (χ2n) is 3.22. The molecule has 1 rings (SSSR count). The van der Waals surface area contributed by atoms with Crippen LogP contribution in [0.15, 0.2) is 16.2 Å². The topological polar surface area (TPSA) is 155 Å². The Bertz CT molecular complexity index is 481. The molecule has 0 saturated heterocycles. The van der Waals surface area contributed by atoms with Crippen molar-refractivity contribution in [2.24, 2.45) is 5.11 Å². The lowest BCUT2D eigenvalue weighted by Crippen LogP contribution is -2.26. The molecule has 4 N–H and O–H groups in total. The van der Waals surface area contributed by atoms with Crippen molar-refractivity contribution < 1.29 is 15.3 Å². The van der Waals surface area contributed by atoms with Gasteiger partial charge >= 0.3 is 0 Å². The van der Waals surface area contributed by atoms with Crippen molar-refractivity contribution in [1.82, 2.24) is 9.97 Å². The third-order valence-electron chi connectivity index (χ3n) is 2.12. The van der Waals surface area contributed by atoms with Gasteiger partial charge in [0, 0.05) is 11.5 Å². The molecule has 0 saturated carbocycles. The molecule has 0 aliphatic rings. The number of hydrogen-bond donors (Lipinski definition) is 4. The molecule has 0 fully saturated rings. The maximum Gasteiger partial charge on any atom is 0.260 e. The molecule has 0 aliphatic heterocycles. The number of hydrogen-bond acceptors (Lipinski definition) is 6. The van der Waals surface area contributed by atoms with E-state index in [0.717, 1.165) is 6.33 Å². The van der Waals surface area contributed by atoms with Crippen LogP contribution < -0.4 is 5.56 Å². The Balaban J connectivity index is 2.84. The lowest BCUT2D eigenvalue weighted by molar-refractivity contribution is 0.0125. The van der Waals surface area contributed by atoms with Gasteiger partial charge in [0.05, 0.1) is 12.4 Å². The third-order valence-corrected chi connectivity index (χ3v) is 2.12. The fourth-order valence-electron chi connectivity index (χ4n) is 1.25. The predicted octanol–water partition coefficient (Wildman–Crippen LogP) is -0.430. The molecule has 1 aromatic rings. The van der Waals surface area contributed by atoms with Gasteiger partial charge in [-0.15, -0.1) is 0 Å². The van der Waals surface area contributed by atoms with Gasteiger partial charge in [0.2, 0.25) is 5.88 Å². The quantitative estimate of drug-likeness (QED) is 0.312. The molecule has 0 amide bonds. The predicted molar refractivity (Wildman–Crippen MR) is 56.1 cm³/mol. The third kappa shape index (κ3) is 3.18. The van der Waals surface area contributed by atoms with Crippen molar-refractivity contribution in [3.63, 3.8) is 0 Å². The minimum Gasteiger partial charge on any atom is -0.493 e. The average Bonchev–Trinajstić information content (AvgIpc) is 2.28. The Morgan fingerprint density at radius 1 is 1.59 bits per heavy atom. The lowest BCUT2D eigenvalue weighted by atomic mass is 10.0. The molecule has 2 unspecified atom stereocenters. The van der Waals surface area contributed by atoms with Crippen LogP contribution in [0, 0.1) is 0 Å². The van der Waals surface area contributed by atoms with Gasteiger partial charge in [0.15, 0.2) is 0 Å². The second-order valence-corrected chi connectivity index (χ2v) is 3.22. The number of aromatic nitrogens is 2. The molecule has 0 spiro atoms. The summed E-state index contributed by atoms with van der Waals surface area (Å²) in [5.74, 6) is -0.649. The van der Waals surface area contributed by atoms with Crippen LogP contribution in [-0.4, -0.2) is 37.9 Å². The van der Waals surface area contributed by atoms with Gasteiger partial charge in [-0.25, -0.2) is 4.98 Å². The van der Waals surface area contributed by atoms with E-state index in [1.807, 2.05) is 0 Å². The summed E-state index contributed by atoms with van der Waals surface area (Å²) < 4.78 is 0. The first-order chi connectivity index (χ1) is 8.07. The van der Waals surface area contributed by atoms with Crippen molar-refractivity contribution in [2.75, 3.05) is 6.54 Å². The van der Waals surface area contributed by atoms with E-state index in [1.165, 1.54) is 0 Å². The van der Waals surface area contributed by atoms with Gasteiger partial charge in [-0.05, 0) is 12.0 Å². The summed E-state index contributed by atoms with van der Waals surface area (Å²) in [5, 5.41) is 31.6. The number of azide groups is 1. The van der Waals surface area contributed by atoms with Crippen molar-refractivity contribution in [3.05, 3.63) is 32.7 Å². The summed E-state index contributed by atoms with van der Waals surface area (Å²) >= 11 is 0. The number of aromatic hydroxyl groups is 1. The molecule has 9 nitrogen and oxygen atoms in total. The monoisotopic (exact) mass is 241 g/mol. The minimum atomic E-state index is -1.60. The van der Waals surface area contributed by atoms with Gasteiger partial charge in [-0.1, -0.05) is 5.11 Å². The van der Waals surface area contributed by atoms with E-state index in [4.69, 9.17) is 5.53 Å². The highest BCUT2D eigenvalue weighted by molar-refractivity contribution is 5.24. The molecule has 92 valence electrons. The van der Waals surface area contributed by atoms with Gasteiger partial charge in [-0.3, -0.25) is 4.79 Å². The van der Waals surface area contributed by atoms with Crippen LogP contribution in [0.2, 0.25) is 0 Å². The van der Waals surface area contributed by atoms with Crippen LogP contribution in [-0.2, 0) is 0 Å². The first-order valence-electron chi connectivity index (χ1n) is 4.71. The van der Waals surface area contributed by atoms with Crippen molar-refractivity contribution >= 4 is 0 Å². The first-order valence-corrected chi connectivity index (χ1v) is 4.71. The fourth-order valence-corrected chi connectivity index (χ4v) is 1.25. The average molecular weight is 241 g/mol. The summed E-state index contributed by atoms with van der Waals surface area (Å²) in [5.41, 5.74) is 6.87. The second kappa shape index (κ2) is 5.85. The maximum absolute atomic E-state index is 11.3. The van der Waals surface area contributed by atoms with E-state index >= 15 is 0 Å². The number of H-pyrrole nitrogens is 1. The van der Waals surface area contributed by atoms with Crippen LogP contribution in [0.4, 0.5) is 0 Å². The van der Waals surface area contributed by atoms with E-state index in [2.05, 4.69) is 20.0 Å². The zero-order valence-electron chi connectivity index (χ0n) is 8.69. The normalized spacial score (nSPS) is 13.8. The van der Waals surface area contributed by atoms with E-state index < -0.39 is 29.2 Å². The SMILES string of the molecule is [N-]=[N+]=NCCC(O)C(O)c1c(O)nc[nH]c1=O. The Morgan fingerprint density at radius 2 is 2.29 bits per heavy atom. The number of aromatic amines is 1. The molecule has 2 atom stereocenters. The summed E-state index contributed by atoms with van der Waals surface area (Å²) in [6.07, 6.45) is -2.00. The van der Waals surface area contributed by atoms with Crippen LogP contribution in [0.5, 0.6) is 5.88 Å². The van der Waals surface area contributed by atoms with Crippen LogP contribution in [0.1, 0.15) is 18.1 Å². The molecule has 0 bridgehead atoms. The van der Waals surface area contributed by atoms with Crippen molar-refractivity contribution in [1.29, 1.82) is 0 Å². The standard InChI is InChI=1S/C8H11N5O4/c9-13-12-2-1-4(14)6(15)5-7(16)10-3-11-8(5)17/h3-4,6,14-15H,1-2H2,(H2,10,11,16,17). The Labute approximate surface area is 95.0 Å². The summed E-state index contributed by atoms with van der Waals surface area (Å²) in [4.78, 5) is 19.3. The minimum absolute atomic E-state index is 0.0341. The number of rotatable bonds is 5. The molecule has 9 heteroatoms. The van der Waals surface area contributed by atoms with Crippen molar-refractivity contribution in [2.45, 2.75) is 18.6 Å². The number of aliphatic hydroxyl groups excluding tert-OH is 2. The van der Waals surface area contributed by atoms with E-state index in [-0.39, 0.29) is 13.0 Å². The van der Waals surface area contributed by atoms with Crippen LogP contribution in [0.3, 0.4) is 0 Å². The Hall–Kier alpha value is -2.09.